The Kier molecular flexibility index (Phi) is 4.06. The van der Waals surface area contributed by atoms with Gasteiger partial charge in [-0.1, -0.05) is 32.9 Å². The lowest BCUT2D eigenvalue weighted by molar-refractivity contribution is 0.390. The Morgan fingerprint density at radius 2 is 2.24 bits per heavy atom. The maximum atomic E-state index is 3.50. The molecule has 2 nitrogen and oxygen atoms in total. The van der Waals surface area contributed by atoms with Crippen molar-refractivity contribution in [3.8, 4) is 0 Å². The molecule has 0 aliphatic carbocycles. The van der Waals surface area contributed by atoms with Crippen molar-refractivity contribution >= 4 is 5.69 Å². The molecule has 0 saturated carbocycles. The van der Waals surface area contributed by atoms with E-state index in [0.29, 0.717) is 12.0 Å². The first-order valence-electron chi connectivity index (χ1n) is 6.78. The molecule has 1 aromatic carbocycles. The molecule has 1 atom stereocenters. The summed E-state index contributed by atoms with van der Waals surface area (Å²) in [4.78, 5) is 2.57. The zero-order valence-electron chi connectivity index (χ0n) is 11.2. The minimum absolute atomic E-state index is 0.621. The van der Waals surface area contributed by atoms with E-state index in [-0.39, 0.29) is 0 Å². The molecule has 1 heterocycles. The van der Waals surface area contributed by atoms with Gasteiger partial charge in [-0.05, 0) is 30.0 Å². The minimum atomic E-state index is 0.621. The first-order valence-corrected chi connectivity index (χ1v) is 6.78. The van der Waals surface area contributed by atoms with Crippen LogP contribution >= 0.6 is 0 Å². The lowest BCUT2D eigenvalue weighted by Crippen LogP contribution is -2.53. The second-order valence-electron chi connectivity index (χ2n) is 5.23. The SMILES string of the molecule is CCc1cccc(N2CCNCC2C(C)C)c1. The van der Waals surface area contributed by atoms with E-state index in [2.05, 4.69) is 55.3 Å². The molecule has 1 fully saturated rings. The highest BCUT2D eigenvalue weighted by Crippen LogP contribution is 2.23. The molecule has 0 spiro atoms. The fourth-order valence-electron chi connectivity index (χ4n) is 2.60. The van der Waals surface area contributed by atoms with E-state index in [1.54, 1.807) is 0 Å². The fraction of sp³-hybridized carbons (Fsp3) is 0.600. The highest BCUT2D eigenvalue weighted by Gasteiger charge is 2.24. The van der Waals surface area contributed by atoms with Gasteiger partial charge < -0.3 is 10.2 Å². The first kappa shape index (κ1) is 12.4. The standard InChI is InChI=1S/C15H24N2/c1-4-13-6-5-7-14(10-13)17-9-8-16-11-15(17)12(2)3/h5-7,10,12,15-16H,4,8-9,11H2,1-3H3. The van der Waals surface area contributed by atoms with Crippen molar-refractivity contribution in [2.75, 3.05) is 24.5 Å². The first-order chi connectivity index (χ1) is 8.22. The van der Waals surface area contributed by atoms with Crippen molar-refractivity contribution in [1.29, 1.82) is 0 Å². The predicted octanol–water partition coefficient (Wildman–Crippen LogP) is 2.68. The van der Waals surface area contributed by atoms with E-state index in [9.17, 15) is 0 Å². The van der Waals surface area contributed by atoms with Gasteiger partial charge in [0.15, 0.2) is 0 Å². The quantitative estimate of drug-likeness (QED) is 0.862. The zero-order chi connectivity index (χ0) is 12.3. The normalized spacial score (nSPS) is 20.9. The Balaban J connectivity index is 2.22. The predicted molar refractivity (Wildman–Crippen MR) is 74.7 cm³/mol. The van der Waals surface area contributed by atoms with E-state index in [4.69, 9.17) is 0 Å². The molecular weight excluding hydrogens is 208 g/mol. The highest BCUT2D eigenvalue weighted by atomic mass is 15.2. The summed E-state index contributed by atoms with van der Waals surface area (Å²) in [5, 5.41) is 3.50. The summed E-state index contributed by atoms with van der Waals surface area (Å²) in [7, 11) is 0. The molecule has 0 amide bonds. The molecule has 1 aliphatic heterocycles. The van der Waals surface area contributed by atoms with Crippen molar-refractivity contribution in [3.63, 3.8) is 0 Å². The number of hydrogen-bond acceptors (Lipinski definition) is 2. The van der Waals surface area contributed by atoms with Crippen LogP contribution in [-0.2, 0) is 6.42 Å². The molecule has 1 saturated heterocycles. The van der Waals surface area contributed by atoms with Crippen LogP contribution in [0.4, 0.5) is 5.69 Å². The maximum Gasteiger partial charge on any atom is 0.0438 e. The topological polar surface area (TPSA) is 15.3 Å². The summed E-state index contributed by atoms with van der Waals surface area (Å²) < 4.78 is 0. The summed E-state index contributed by atoms with van der Waals surface area (Å²) in [6.07, 6.45) is 1.12. The van der Waals surface area contributed by atoms with Gasteiger partial charge >= 0.3 is 0 Å². The van der Waals surface area contributed by atoms with Crippen LogP contribution < -0.4 is 10.2 Å². The molecule has 0 bridgehead atoms. The monoisotopic (exact) mass is 232 g/mol. The van der Waals surface area contributed by atoms with Crippen molar-refractivity contribution in [2.24, 2.45) is 5.92 Å². The summed E-state index contributed by atoms with van der Waals surface area (Å²) in [5.41, 5.74) is 2.83. The van der Waals surface area contributed by atoms with E-state index >= 15 is 0 Å². The third kappa shape index (κ3) is 2.81. The van der Waals surface area contributed by atoms with Crippen molar-refractivity contribution in [2.45, 2.75) is 33.2 Å². The van der Waals surface area contributed by atoms with Gasteiger partial charge in [0.05, 0.1) is 0 Å². The highest BCUT2D eigenvalue weighted by molar-refractivity contribution is 5.50. The number of aryl methyl sites for hydroxylation is 1. The van der Waals surface area contributed by atoms with E-state index in [0.717, 1.165) is 26.1 Å². The van der Waals surface area contributed by atoms with Gasteiger partial charge in [0.1, 0.15) is 0 Å². The molecule has 0 radical (unpaired) electrons. The maximum absolute atomic E-state index is 3.50. The number of anilines is 1. The second-order valence-corrected chi connectivity index (χ2v) is 5.23. The van der Waals surface area contributed by atoms with Crippen LogP contribution in [0.5, 0.6) is 0 Å². The molecule has 2 rings (SSSR count). The third-order valence-corrected chi connectivity index (χ3v) is 3.70. The Bertz CT molecular complexity index is 360. The van der Waals surface area contributed by atoms with Gasteiger partial charge in [-0.15, -0.1) is 0 Å². The second kappa shape index (κ2) is 5.54. The fourth-order valence-corrected chi connectivity index (χ4v) is 2.60. The molecule has 2 heteroatoms. The van der Waals surface area contributed by atoms with Crippen molar-refractivity contribution in [3.05, 3.63) is 29.8 Å². The number of rotatable bonds is 3. The van der Waals surface area contributed by atoms with Gasteiger partial charge in [-0.2, -0.15) is 0 Å². The summed E-state index contributed by atoms with van der Waals surface area (Å²) >= 11 is 0. The Labute approximate surface area is 105 Å². The third-order valence-electron chi connectivity index (χ3n) is 3.70. The van der Waals surface area contributed by atoms with Crippen LogP contribution in [0.25, 0.3) is 0 Å². The van der Waals surface area contributed by atoms with Crippen LogP contribution in [0.3, 0.4) is 0 Å². The average molecular weight is 232 g/mol. The summed E-state index contributed by atoms with van der Waals surface area (Å²) in [6, 6.07) is 9.63. The number of piperazine rings is 1. The van der Waals surface area contributed by atoms with Gasteiger partial charge in [0, 0.05) is 31.4 Å². The number of hydrogen-bond donors (Lipinski definition) is 1. The van der Waals surface area contributed by atoms with Gasteiger partial charge in [0.2, 0.25) is 0 Å². The molecule has 0 aromatic heterocycles. The van der Waals surface area contributed by atoms with E-state index in [1.807, 2.05) is 0 Å². The van der Waals surface area contributed by atoms with Crippen LogP contribution in [0.2, 0.25) is 0 Å². The van der Waals surface area contributed by atoms with Crippen molar-refractivity contribution in [1.82, 2.24) is 5.32 Å². The summed E-state index contributed by atoms with van der Waals surface area (Å²) in [6.45, 7) is 10.2. The Hall–Kier alpha value is -1.02. The van der Waals surface area contributed by atoms with E-state index < -0.39 is 0 Å². The number of nitrogens with zero attached hydrogens (tertiary/aromatic N) is 1. The molecule has 1 N–H and O–H groups in total. The number of nitrogens with one attached hydrogen (secondary N) is 1. The van der Waals surface area contributed by atoms with Crippen LogP contribution in [0.1, 0.15) is 26.3 Å². The average Bonchev–Trinajstić information content (AvgIpc) is 2.39. The summed E-state index contributed by atoms with van der Waals surface area (Å²) in [5.74, 6) is 0.688. The molecule has 1 aromatic rings. The van der Waals surface area contributed by atoms with Crippen molar-refractivity contribution < 1.29 is 0 Å². The lowest BCUT2D eigenvalue weighted by Gasteiger charge is -2.40. The molecule has 94 valence electrons. The molecule has 17 heavy (non-hydrogen) atoms. The molecular formula is C15H24N2. The van der Waals surface area contributed by atoms with Gasteiger partial charge in [0.25, 0.3) is 0 Å². The van der Waals surface area contributed by atoms with Crippen LogP contribution in [0.15, 0.2) is 24.3 Å². The smallest absolute Gasteiger partial charge is 0.0438 e. The van der Waals surface area contributed by atoms with Gasteiger partial charge in [-0.25, -0.2) is 0 Å². The largest absolute Gasteiger partial charge is 0.366 e. The Morgan fingerprint density at radius 1 is 1.41 bits per heavy atom. The lowest BCUT2D eigenvalue weighted by atomic mass is 9.99. The van der Waals surface area contributed by atoms with E-state index in [1.165, 1.54) is 11.3 Å². The zero-order valence-corrected chi connectivity index (χ0v) is 11.2. The Morgan fingerprint density at radius 3 is 2.94 bits per heavy atom. The van der Waals surface area contributed by atoms with Crippen LogP contribution in [0, 0.1) is 5.92 Å². The molecule has 1 unspecified atom stereocenters. The number of benzene rings is 1. The van der Waals surface area contributed by atoms with Gasteiger partial charge in [-0.3, -0.25) is 0 Å². The molecule has 1 aliphatic rings. The van der Waals surface area contributed by atoms with Crippen LogP contribution in [-0.4, -0.2) is 25.7 Å². The minimum Gasteiger partial charge on any atom is -0.366 e.